The molecule has 0 atom stereocenters. The van der Waals surface area contributed by atoms with E-state index in [4.69, 9.17) is 13.9 Å². The first-order chi connectivity index (χ1) is 9.13. The number of nitrogens with one attached hydrogen (secondary N) is 1. The maximum Gasteiger partial charge on any atom is 0.130 e. The summed E-state index contributed by atoms with van der Waals surface area (Å²) in [5, 5.41) is 3.35. The molecule has 0 bridgehead atoms. The van der Waals surface area contributed by atoms with Gasteiger partial charge >= 0.3 is 0 Å². The lowest BCUT2D eigenvalue weighted by Gasteiger charge is -2.06. The van der Waals surface area contributed by atoms with E-state index < -0.39 is 0 Å². The zero-order valence-corrected chi connectivity index (χ0v) is 12.6. The van der Waals surface area contributed by atoms with Crippen molar-refractivity contribution in [1.82, 2.24) is 5.32 Å². The van der Waals surface area contributed by atoms with Crippen LogP contribution in [0.5, 0.6) is 0 Å². The van der Waals surface area contributed by atoms with E-state index in [9.17, 15) is 0 Å². The van der Waals surface area contributed by atoms with Crippen LogP contribution in [0.15, 0.2) is 10.5 Å². The van der Waals surface area contributed by atoms with Crippen LogP contribution in [-0.2, 0) is 22.6 Å². The summed E-state index contributed by atoms with van der Waals surface area (Å²) in [5.74, 6) is 1.88. The van der Waals surface area contributed by atoms with Crippen LogP contribution in [0, 0.1) is 6.92 Å². The number of hydrogen-bond donors (Lipinski definition) is 1. The molecule has 0 unspecified atom stereocenters. The van der Waals surface area contributed by atoms with Crippen molar-refractivity contribution in [2.75, 3.05) is 19.8 Å². The van der Waals surface area contributed by atoms with Crippen molar-refractivity contribution < 1.29 is 13.9 Å². The topological polar surface area (TPSA) is 43.6 Å². The van der Waals surface area contributed by atoms with Gasteiger partial charge < -0.3 is 19.2 Å². The predicted molar refractivity (Wildman–Crippen MR) is 76.2 cm³/mol. The second kappa shape index (κ2) is 9.13. The monoisotopic (exact) mass is 269 g/mol. The molecule has 1 aromatic rings. The molecule has 0 saturated heterocycles. The molecule has 1 heterocycles. The Labute approximate surface area is 116 Å². The average Bonchev–Trinajstić information content (AvgIpc) is 2.72. The van der Waals surface area contributed by atoms with E-state index in [0.717, 1.165) is 31.1 Å². The molecule has 0 aliphatic carbocycles. The number of ether oxygens (including phenoxy) is 2. The van der Waals surface area contributed by atoms with Crippen LogP contribution in [0.25, 0.3) is 0 Å². The molecule has 4 nitrogen and oxygen atoms in total. The highest BCUT2D eigenvalue weighted by molar-refractivity contribution is 5.19. The van der Waals surface area contributed by atoms with Gasteiger partial charge in [-0.2, -0.15) is 0 Å². The summed E-state index contributed by atoms with van der Waals surface area (Å²) in [6.45, 7) is 11.7. The maximum atomic E-state index is 5.76. The molecular formula is C15H27NO3. The number of rotatable bonds is 10. The maximum absolute atomic E-state index is 5.76. The highest BCUT2D eigenvalue weighted by Gasteiger charge is 2.08. The smallest absolute Gasteiger partial charge is 0.130 e. The number of aryl methyl sites for hydroxylation is 1. The van der Waals surface area contributed by atoms with Gasteiger partial charge in [0, 0.05) is 12.6 Å². The molecule has 4 heteroatoms. The van der Waals surface area contributed by atoms with Crippen LogP contribution in [0.1, 0.15) is 44.3 Å². The fourth-order valence-corrected chi connectivity index (χ4v) is 1.67. The van der Waals surface area contributed by atoms with E-state index in [1.807, 2.05) is 6.07 Å². The Balaban J connectivity index is 2.25. The van der Waals surface area contributed by atoms with Gasteiger partial charge in [-0.15, -0.1) is 0 Å². The van der Waals surface area contributed by atoms with Crippen LogP contribution >= 0.6 is 0 Å². The van der Waals surface area contributed by atoms with Crippen LogP contribution < -0.4 is 5.32 Å². The third kappa shape index (κ3) is 6.76. The Hall–Kier alpha value is -0.840. The minimum Gasteiger partial charge on any atom is -0.462 e. The Morgan fingerprint density at radius 2 is 1.95 bits per heavy atom. The lowest BCUT2D eigenvalue weighted by Crippen LogP contribution is -2.21. The van der Waals surface area contributed by atoms with E-state index >= 15 is 0 Å². The predicted octanol–water partition coefficient (Wildman–Crippen LogP) is 3.03. The normalized spacial score (nSPS) is 11.4. The van der Waals surface area contributed by atoms with Crippen molar-refractivity contribution in [2.45, 2.75) is 53.3 Å². The molecule has 0 aromatic carbocycles. The summed E-state index contributed by atoms with van der Waals surface area (Å²) < 4.78 is 16.6. The third-order valence-electron chi connectivity index (χ3n) is 2.71. The molecule has 0 aliphatic rings. The van der Waals surface area contributed by atoms with E-state index in [1.54, 1.807) is 0 Å². The molecular weight excluding hydrogens is 242 g/mol. The minimum atomic E-state index is 0.458. The molecule has 1 rings (SSSR count). The number of hydrogen-bond acceptors (Lipinski definition) is 4. The van der Waals surface area contributed by atoms with Gasteiger partial charge in [0.05, 0.1) is 19.8 Å². The molecule has 0 amide bonds. The molecule has 0 spiro atoms. The fraction of sp³-hybridized carbons (Fsp3) is 0.733. The first-order valence-corrected chi connectivity index (χ1v) is 7.10. The minimum absolute atomic E-state index is 0.458. The van der Waals surface area contributed by atoms with Gasteiger partial charge in [-0.3, -0.25) is 0 Å². The van der Waals surface area contributed by atoms with E-state index in [1.165, 1.54) is 5.56 Å². The molecule has 110 valence electrons. The lowest BCUT2D eigenvalue weighted by molar-refractivity contribution is 0.0346. The number of furan rings is 1. The van der Waals surface area contributed by atoms with Gasteiger partial charge in [-0.1, -0.05) is 20.8 Å². The SMILES string of the molecule is CCCOCCOCc1cc(C)c(CNC(C)C)o1. The molecule has 0 radical (unpaired) electrons. The Morgan fingerprint density at radius 3 is 2.63 bits per heavy atom. The van der Waals surface area contributed by atoms with Crippen molar-refractivity contribution in [3.05, 3.63) is 23.2 Å². The van der Waals surface area contributed by atoms with E-state index in [0.29, 0.717) is 25.9 Å². The van der Waals surface area contributed by atoms with Gasteiger partial charge in [-0.25, -0.2) is 0 Å². The first-order valence-electron chi connectivity index (χ1n) is 7.10. The van der Waals surface area contributed by atoms with Gasteiger partial charge in [0.15, 0.2) is 0 Å². The highest BCUT2D eigenvalue weighted by atomic mass is 16.5. The van der Waals surface area contributed by atoms with Gasteiger partial charge in [0.25, 0.3) is 0 Å². The third-order valence-corrected chi connectivity index (χ3v) is 2.71. The van der Waals surface area contributed by atoms with Crippen LogP contribution in [0.3, 0.4) is 0 Å². The summed E-state index contributed by atoms with van der Waals surface area (Å²) in [6.07, 6.45) is 1.05. The van der Waals surface area contributed by atoms with Crippen LogP contribution in [0.4, 0.5) is 0 Å². The standard InChI is InChI=1S/C15H27NO3/c1-5-6-17-7-8-18-11-14-9-13(4)15(19-14)10-16-12(2)3/h9,12,16H,5-8,10-11H2,1-4H3. The van der Waals surface area contributed by atoms with E-state index in [-0.39, 0.29) is 0 Å². The van der Waals surface area contributed by atoms with Gasteiger partial charge in [0.2, 0.25) is 0 Å². The molecule has 0 fully saturated rings. The molecule has 1 aromatic heterocycles. The highest BCUT2D eigenvalue weighted by Crippen LogP contribution is 2.15. The van der Waals surface area contributed by atoms with Gasteiger partial charge in [0.1, 0.15) is 18.1 Å². The molecule has 0 saturated carbocycles. The fourth-order valence-electron chi connectivity index (χ4n) is 1.67. The summed E-state index contributed by atoms with van der Waals surface area (Å²) in [4.78, 5) is 0. The summed E-state index contributed by atoms with van der Waals surface area (Å²) >= 11 is 0. The summed E-state index contributed by atoms with van der Waals surface area (Å²) in [7, 11) is 0. The lowest BCUT2D eigenvalue weighted by atomic mass is 10.2. The summed E-state index contributed by atoms with van der Waals surface area (Å²) in [6, 6.07) is 2.50. The zero-order valence-electron chi connectivity index (χ0n) is 12.6. The van der Waals surface area contributed by atoms with Gasteiger partial charge in [-0.05, 0) is 25.0 Å². The molecule has 1 N–H and O–H groups in total. The molecule has 0 aliphatic heterocycles. The second-order valence-electron chi connectivity index (χ2n) is 5.02. The largest absolute Gasteiger partial charge is 0.462 e. The molecule has 19 heavy (non-hydrogen) atoms. The van der Waals surface area contributed by atoms with Crippen molar-refractivity contribution in [1.29, 1.82) is 0 Å². The quantitative estimate of drug-likeness (QED) is 0.663. The van der Waals surface area contributed by atoms with Crippen LogP contribution in [0.2, 0.25) is 0 Å². The average molecular weight is 269 g/mol. The van der Waals surface area contributed by atoms with Crippen molar-refractivity contribution in [3.63, 3.8) is 0 Å². The van der Waals surface area contributed by atoms with E-state index in [2.05, 4.69) is 33.0 Å². The van der Waals surface area contributed by atoms with Crippen molar-refractivity contribution in [3.8, 4) is 0 Å². The zero-order chi connectivity index (χ0) is 14.1. The van der Waals surface area contributed by atoms with Crippen molar-refractivity contribution >= 4 is 0 Å². The summed E-state index contributed by atoms with van der Waals surface area (Å²) in [5.41, 5.74) is 1.17. The van der Waals surface area contributed by atoms with Crippen molar-refractivity contribution in [2.24, 2.45) is 0 Å². The van der Waals surface area contributed by atoms with Crippen LogP contribution in [-0.4, -0.2) is 25.9 Å². The second-order valence-corrected chi connectivity index (χ2v) is 5.02. The Bertz CT molecular complexity index is 347. The Kier molecular flexibility index (Phi) is 7.79. The Morgan fingerprint density at radius 1 is 1.21 bits per heavy atom. The first kappa shape index (κ1) is 16.2.